The molecule has 0 aromatic heterocycles. The third-order valence-corrected chi connectivity index (χ3v) is 4.34. The third kappa shape index (κ3) is 1.97. The summed E-state index contributed by atoms with van der Waals surface area (Å²) in [6.07, 6.45) is 7.15. The van der Waals surface area contributed by atoms with Crippen molar-refractivity contribution in [2.75, 3.05) is 11.5 Å². The molecule has 1 heterocycles. The normalized spacial score (nSPS) is 29.8. The van der Waals surface area contributed by atoms with Gasteiger partial charge in [-0.05, 0) is 55.9 Å². The van der Waals surface area contributed by atoms with E-state index in [1.165, 1.54) is 30.8 Å². The number of thioether (sulfide) groups is 1. The Morgan fingerprint density at radius 3 is 2.42 bits per heavy atom. The van der Waals surface area contributed by atoms with Gasteiger partial charge in [-0.3, -0.25) is 0 Å². The molecule has 1 nitrogen and oxygen atoms in total. The minimum Gasteiger partial charge on any atom is -0.390 e. The molecule has 1 saturated heterocycles. The van der Waals surface area contributed by atoms with Gasteiger partial charge in [0.1, 0.15) is 0 Å². The SMILES string of the molecule is OC1(CC2CCSCC2)CCC1. The first-order chi connectivity index (χ1) is 5.79. The van der Waals surface area contributed by atoms with Crippen LogP contribution in [0.5, 0.6) is 0 Å². The fourth-order valence-corrected chi connectivity index (χ4v) is 3.48. The Morgan fingerprint density at radius 2 is 1.92 bits per heavy atom. The standard InChI is InChI=1S/C10H18OS/c11-10(4-1-5-10)8-9-2-6-12-7-3-9/h9,11H,1-8H2. The molecule has 1 aliphatic carbocycles. The summed E-state index contributed by atoms with van der Waals surface area (Å²) in [5.74, 6) is 3.47. The Bertz CT molecular complexity index is 148. The molecule has 0 spiro atoms. The van der Waals surface area contributed by atoms with Gasteiger partial charge in [0.05, 0.1) is 5.60 Å². The zero-order valence-electron chi connectivity index (χ0n) is 7.59. The zero-order chi connectivity index (χ0) is 8.44. The molecule has 1 N–H and O–H groups in total. The second-order valence-corrected chi connectivity index (χ2v) is 5.56. The second-order valence-electron chi connectivity index (χ2n) is 4.34. The van der Waals surface area contributed by atoms with Crippen LogP contribution in [0, 0.1) is 5.92 Å². The van der Waals surface area contributed by atoms with E-state index in [1.807, 2.05) is 0 Å². The Balaban J connectivity index is 1.77. The Labute approximate surface area is 78.9 Å². The molecular formula is C10H18OS. The Morgan fingerprint density at radius 1 is 1.25 bits per heavy atom. The van der Waals surface area contributed by atoms with Gasteiger partial charge in [0, 0.05) is 0 Å². The van der Waals surface area contributed by atoms with Crippen molar-refractivity contribution in [1.82, 2.24) is 0 Å². The lowest BCUT2D eigenvalue weighted by Crippen LogP contribution is -2.39. The molecule has 12 heavy (non-hydrogen) atoms. The minimum absolute atomic E-state index is 0.229. The summed E-state index contributed by atoms with van der Waals surface area (Å²) in [4.78, 5) is 0. The van der Waals surface area contributed by atoms with Gasteiger partial charge in [-0.15, -0.1) is 0 Å². The van der Waals surface area contributed by atoms with E-state index in [4.69, 9.17) is 0 Å². The summed E-state index contributed by atoms with van der Waals surface area (Å²) in [6.45, 7) is 0. The van der Waals surface area contributed by atoms with Crippen LogP contribution in [0.3, 0.4) is 0 Å². The molecule has 1 aliphatic heterocycles. The van der Waals surface area contributed by atoms with E-state index in [0.29, 0.717) is 0 Å². The topological polar surface area (TPSA) is 20.2 Å². The first-order valence-corrected chi connectivity index (χ1v) is 6.24. The van der Waals surface area contributed by atoms with Crippen LogP contribution in [0.1, 0.15) is 38.5 Å². The predicted molar refractivity (Wildman–Crippen MR) is 53.5 cm³/mol. The molecule has 2 rings (SSSR count). The van der Waals surface area contributed by atoms with Gasteiger partial charge in [0.25, 0.3) is 0 Å². The van der Waals surface area contributed by atoms with Gasteiger partial charge >= 0.3 is 0 Å². The van der Waals surface area contributed by atoms with E-state index in [2.05, 4.69) is 11.8 Å². The van der Waals surface area contributed by atoms with Crippen molar-refractivity contribution in [2.24, 2.45) is 5.92 Å². The van der Waals surface area contributed by atoms with Crippen molar-refractivity contribution in [3.05, 3.63) is 0 Å². The highest BCUT2D eigenvalue weighted by Crippen LogP contribution is 2.40. The summed E-state index contributed by atoms with van der Waals surface area (Å²) >= 11 is 2.07. The van der Waals surface area contributed by atoms with Gasteiger partial charge in [0.15, 0.2) is 0 Å². The predicted octanol–water partition coefficient (Wildman–Crippen LogP) is 2.43. The van der Waals surface area contributed by atoms with Crippen LogP contribution in [-0.4, -0.2) is 22.2 Å². The van der Waals surface area contributed by atoms with Crippen LogP contribution in [0.4, 0.5) is 0 Å². The van der Waals surface area contributed by atoms with Gasteiger partial charge in [0.2, 0.25) is 0 Å². The highest BCUT2D eigenvalue weighted by Gasteiger charge is 2.36. The van der Waals surface area contributed by atoms with E-state index < -0.39 is 0 Å². The molecule has 0 aromatic carbocycles. The quantitative estimate of drug-likeness (QED) is 0.715. The van der Waals surface area contributed by atoms with Gasteiger partial charge in [-0.25, -0.2) is 0 Å². The Hall–Kier alpha value is 0.310. The van der Waals surface area contributed by atoms with Crippen LogP contribution in [0.15, 0.2) is 0 Å². The number of rotatable bonds is 2. The molecule has 0 radical (unpaired) electrons. The highest BCUT2D eigenvalue weighted by molar-refractivity contribution is 7.99. The van der Waals surface area contributed by atoms with E-state index in [1.54, 1.807) is 0 Å². The van der Waals surface area contributed by atoms with Gasteiger partial charge in [-0.2, -0.15) is 11.8 Å². The lowest BCUT2D eigenvalue weighted by atomic mass is 9.73. The van der Waals surface area contributed by atoms with E-state index >= 15 is 0 Å². The van der Waals surface area contributed by atoms with E-state index in [-0.39, 0.29) is 5.60 Å². The molecule has 0 unspecified atom stereocenters. The fourth-order valence-electron chi connectivity index (χ4n) is 2.28. The first-order valence-electron chi connectivity index (χ1n) is 5.09. The van der Waals surface area contributed by atoms with Crippen LogP contribution in [-0.2, 0) is 0 Å². The monoisotopic (exact) mass is 186 g/mol. The molecule has 0 bridgehead atoms. The van der Waals surface area contributed by atoms with Crippen LogP contribution in [0.2, 0.25) is 0 Å². The molecule has 0 amide bonds. The second kappa shape index (κ2) is 3.59. The Kier molecular flexibility index (Phi) is 2.66. The summed E-state index contributed by atoms with van der Waals surface area (Å²) in [7, 11) is 0. The lowest BCUT2D eigenvalue weighted by molar-refractivity contribution is -0.0533. The van der Waals surface area contributed by atoms with Crippen molar-refractivity contribution >= 4 is 11.8 Å². The fraction of sp³-hybridized carbons (Fsp3) is 1.00. The first kappa shape index (κ1) is 8.89. The van der Waals surface area contributed by atoms with Crippen molar-refractivity contribution in [1.29, 1.82) is 0 Å². The summed E-state index contributed by atoms with van der Waals surface area (Å²) in [5.41, 5.74) is -0.229. The highest BCUT2D eigenvalue weighted by atomic mass is 32.2. The van der Waals surface area contributed by atoms with Crippen molar-refractivity contribution < 1.29 is 5.11 Å². The van der Waals surface area contributed by atoms with E-state index in [0.717, 1.165) is 25.2 Å². The van der Waals surface area contributed by atoms with Crippen molar-refractivity contribution in [3.63, 3.8) is 0 Å². The minimum atomic E-state index is -0.229. The van der Waals surface area contributed by atoms with Crippen LogP contribution in [0.25, 0.3) is 0 Å². The van der Waals surface area contributed by atoms with Crippen LogP contribution < -0.4 is 0 Å². The molecule has 0 aromatic rings. The number of hydrogen-bond donors (Lipinski definition) is 1. The molecule has 2 aliphatic rings. The third-order valence-electron chi connectivity index (χ3n) is 3.29. The lowest BCUT2D eigenvalue weighted by Gasteiger charge is -2.40. The summed E-state index contributed by atoms with van der Waals surface area (Å²) < 4.78 is 0. The smallest absolute Gasteiger partial charge is 0.0650 e. The summed E-state index contributed by atoms with van der Waals surface area (Å²) in [5, 5.41) is 9.96. The van der Waals surface area contributed by atoms with Crippen molar-refractivity contribution in [2.45, 2.75) is 44.1 Å². The maximum absolute atomic E-state index is 9.96. The summed E-state index contributed by atoms with van der Waals surface area (Å²) in [6, 6.07) is 0. The van der Waals surface area contributed by atoms with Gasteiger partial charge < -0.3 is 5.11 Å². The average molecular weight is 186 g/mol. The van der Waals surface area contributed by atoms with Crippen molar-refractivity contribution in [3.8, 4) is 0 Å². The largest absolute Gasteiger partial charge is 0.390 e. The maximum atomic E-state index is 9.96. The molecule has 1 saturated carbocycles. The maximum Gasteiger partial charge on any atom is 0.0650 e. The molecule has 0 atom stereocenters. The number of hydrogen-bond acceptors (Lipinski definition) is 2. The zero-order valence-corrected chi connectivity index (χ0v) is 8.41. The average Bonchev–Trinajstić information content (AvgIpc) is 2.04. The molecular weight excluding hydrogens is 168 g/mol. The number of aliphatic hydroxyl groups is 1. The molecule has 70 valence electrons. The van der Waals surface area contributed by atoms with Crippen LogP contribution >= 0.6 is 11.8 Å². The van der Waals surface area contributed by atoms with E-state index in [9.17, 15) is 5.11 Å². The van der Waals surface area contributed by atoms with Gasteiger partial charge in [-0.1, -0.05) is 0 Å². The molecule has 2 heteroatoms. The molecule has 2 fully saturated rings.